The Kier molecular flexibility index (Phi) is 3.30. The van der Waals surface area contributed by atoms with Crippen molar-refractivity contribution in [1.29, 1.82) is 0 Å². The van der Waals surface area contributed by atoms with Crippen LogP contribution in [0.2, 0.25) is 0 Å². The fraction of sp³-hybridized carbons (Fsp3) is 0.500. The number of fused-ring (bicyclic) bond motifs is 1. The van der Waals surface area contributed by atoms with Crippen LogP contribution >= 0.6 is 0 Å². The summed E-state index contributed by atoms with van der Waals surface area (Å²) in [6.45, 7) is 4.78. The molecule has 96 valence electrons. The van der Waals surface area contributed by atoms with Gasteiger partial charge in [-0.15, -0.1) is 0 Å². The van der Waals surface area contributed by atoms with Crippen molar-refractivity contribution >= 4 is 11.0 Å². The first-order valence-corrected chi connectivity index (χ1v) is 6.59. The van der Waals surface area contributed by atoms with E-state index in [2.05, 4.69) is 34.3 Å². The fourth-order valence-electron chi connectivity index (χ4n) is 2.45. The summed E-state index contributed by atoms with van der Waals surface area (Å²) in [6, 6.07) is 6.19. The SMILES string of the molecule is Cc1cccc2[nH]c(COC3CCNCC3)nc12. The van der Waals surface area contributed by atoms with Crippen LogP contribution in [0.3, 0.4) is 0 Å². The summed E-state index contributed by atoms with van der Waals surface area (Å²) < 4.78 is 5.90. The molecule has 2 N–H and O–H groups in total. The minimum absolute atomic E-state index is 0.376. The Bertz CT molecular complexity index is 529. The summed E-state index contributed by atoms with van der Waals surface area (Å²) in [4.78, 5) is 7.92. The molecular formula is C14H19N3O. The van der Waals surface area contributed by atoms with Crippen LogP contribution < -0.4 is 5.32 Å². The third-order valence-electron chi connectivity index (χ3n) is 3.51. The third kappa shape index (κ3) is 2.40. The molecule has 0 atom stereocenters. The molecule has 0 saturated carbocycles. The van der Waals surface area contributed by atoms with Gasteiger partial charge in [-0.1, -0.05) is 12.1 Å². The molecule has 0 spiro atoms. The molecular weight excluding hydrogens is 226 g/mol. The van der Waals surface area contributed by atoms with Gasteiger partial charge in [0, 0.05) is 0 Å². The Morgan fingerprint density at radius 2 is 2.17 bits per heavy atom. The molecule has 0 amide bonds. The number of para-hydroxylation sites is 1. The van der Waals surface area contributed by atoms with E-state index in [9.17, 15) is 0 Å². The molecule has 0 radical (unpaired) electrons. The Labute approximate surface area is 107 Å². The van der Waals surface area contributed by atoms with E-state index in [1.165, 1.54) is 5.56 Å². The largest absolute Gasteiger partial charge is 0.370 e. The number of imidazole rings is 1. The van der Waals surface area contributed by atoms with Crippen molar-refractivity contribution < 1.29 is 4.74 Å². The number of nitrogens with zero attached hydrogens (tertiary/aromatic N) is 1. The van der Waals surface area contributed by atoms with Crippen LogP contribution in [-0.2, 0) is 11.3 Å². The zero-order valence-electron chi connectivity index (χ0n) is 10.7. The summed E-state index contributed by atoms with van der Waals surface area (Å²) in [5.74, 6) is 0.929. The van der Waals surface area contributed by atoms with Gasteiger partial charge in [-0.2, -0.15) is 0 Å². The summed E-state index contributed by atoms with van der Waals surface area (Å²) in [6.07, 6.45) is 2.57. The van der Waals surface area contributed by atoms with Crippen LogP contribution in [0.1, 0.15) is 24.2 Å². The highest BCUT2D eigenvalue weighted by Crippen LogP contribution is 2.17. The van der Waals surface area contributed by atoms with E-state index in [0.717, 1.165) is 42.8 Å². The van der Waals surface area contributed by atoms with Crippen LogP contribution in [0, 0.1) is 6.92 Å². The minimum atomic E-state index is 0.376. The lowest BCUT2D eigenvalue weighted by Crippen LogP contribution is -2.32. The van der Waals surface area contributed by atoms with Gasteiger partial charge in [-0.3, -0.25) is 0 Å². The normalized spacial score (nSPS) is 17.4. The molecule has 0 bridgehead atoms. The lowest BCUT2D eigenvalue weighted by Gasteiger charge is -2.22. The molecule has 1 aliphatic rings. The molecule has 1 aromatic heterocycles. The van der Waals surface area contributed by atoms with E-state index in [0.29, 0.717) is 12.7 Å². The quantitative estimate of drug-likeness (QED) is 0.871. The second-order valence-corrected chi connectivity index (χ2v) is 4.91. The maximum Gasteiger partial charge on any atom is 0.133 e. The standard InChI is InChI=1S/C14H19N3O/c1-10-3-2-4-12-14(10)17-13(16-12)9-18-11-5-7-15-8-6-11/h2-4,11,15H,5-9H2,1H3,(H,16,17). The van der Waals surface area contributed by atoms with Gasteiger partial charge < -0.3 is 15.0 Å². The first-order chi connectivity index (χ1) is 8.83. The zero-order valence-corrected chi connectivity index (χ0v) is 10.7. The lowest BCUT2D eigenvalue weighted by molar-refractivity contribution is 0.0182. The molecule has 1 aliphatic heterocycles. The predicted molar refractivity (Wildman–Crippen MR) is 71.5 cm³/mol. The molecule has 2 aromatic rings. The number of aromatic nitrogens is 2. The average Bonchev–Trinajstić information content (AvgIpc) is 2.82. The number of aryl methyl sites for hydroxylation is 1. The van der Waals surface area contributed by atoms with E-state index >= 15 is 0 Å². The molecule has 4 heteroatoms. The molecule has 3 rings (SSSR count). The molecule has 0 aliphatic carbocycles. The lowest BCUT2D eigenvalue weighted by atomic mass is 10.1. The summed E-state index contributed by atoms with van der Waals surface area (Å²) in [5.41, 5.74) is 3.36. The van der Waals surface area contributed by atoms with Gasteiger partial charge >= 0.3 is 0 Å². The van der Waals surface area contributed by atoms with Gasteiger partial charge in [0.2, 0.25) is 0 Å². The van der Waals surface area contributed by atoms with Gasteiger partial charge in [0.05, 0.1) is 17.1 Å². The summed E-state index contributed by atoms with van der Waals surface area (Å²) in [7, 11) is 0. The van der Waals surface area contributed by atoms with Crippen molar-refractivity contribution in [3.8, 4) is 0 Å². The Morgan fingerprint density at radius 1 is 1.33 bits per heavy atom. The van der Waals surface area contributed by atoms with Crippen LogP contribution in [0.15, 0.2) is 18.2 Å². The Hall–Kier alpha value is -1.39. The number of piperidine rings is 1. The molecule has 4 nitrogen and oxygen atoms in total. The van der Waals surface area contributed by atoms with E-state index in [-0.39, 0.29) is 0 Å². The smallest absolute Gasteiger partial charge is 0.133 e. The van der Waals surface area contributed by atoms with Crippen molar-refractivity contribution in [3.05, 3.63) is 29.6 Å². The highest BCUT2D eigenvalue weighted by atomic mass is 16.5. The Morgan fingerprint density at radius 3 is 2.94 bits per heavy atom. The minimum Gasteiger partial charge on any atom is -0.370 e. The van der Waals surface area contributed by atoms with E-state index < -0.39 is 0 Å². The highest BCUT2D eigenvalue weighted by Gasteiger charge is 2.14. The number of rotatable bonds is 3. The van der Waals surface area contributed by atoms with Gasteiger partial charge in [0.25, 0.3) is 0 Å². The number of ether oxygens (including phenoxy) is 1. The number of benzene rings is 1. The van der Waals surface area contributed by atoms with Crippen molar-refractivity contribution in [2.45, 2.75) is 32.5 Å². The van der Waals surface area contributed by atoms with Crippen molar-refractivity contribution in [2.75, 3.05) is 13.1 Å². The van der Waals surface area contributed by atoms with Gasteiger partial charge in [-0.05, 0) is 44.5 Å². The predicted octanol–water partition coefficient (Wildman–Crippen LogP) is 2.14. The Balaban J connectivity index is 1.69. The highest BCUT2D eigenvalue weighted by molar-refractivity contribution is 5.78. The molecule has 1 fully saturated rings. The third-order valence-corrected chi connectivity index (χ3v) is 3.51. The molecule has 1 saturated heterocycles. The average molecular weight is 245 g/mol. The topological polar surface area (TPSA) is 49.9 Å². The molecule has 2 heterocycles. The van der Waals surface area contributed by atoms with Gasteiger partial charge in [-0.25, -0.2) is 4.98 Å². The molecule has 0 unspecified atom stereocenters. The second-order valence-electron chi connectivity index (χ2n) is 4.91. The second kappa shape index (κ2) is 5.08. The first kappa shape index (κ1) is 11.7. The van der Waals surface area contributed by atoms with Gasteiger partial charge in [0.1, 0.15) is 12.4 Å². The van der Waals surface area contributed by atoms with Crippen molar-refractivity contribution in [3.63, 3.8) is 0 Å². The monoisotopic (exact) mass is 245 g/mol. The van der Waals surface area contributed by atoms with Crippen molar-refractivity contribution in [1.82, 2.24) is 15.3 Å². The van der Waals surface area contributed by atoms with Crippen molar-refractivity contribution in [2.24, 2.45) is 0 Å². The zero-order chi connectivity index (χ0) is 12.4. The number of H-pyrrole nitrogens is 1. The summed E-state index contributed by atoms with van der Waals surface area (Å²) >= 11 is 0. The molecule has 1 aromatic carbocycles. The maximum absolute atomic E-state index is 5.90. The number of nitrogens with one attached hydrogen (secondary N) is 2. The fourth-order valence-corrected chi connectivity index (χ4v) is 2.45. The number of aromatic amines is 1. The van der Waals surface area contributed by atoms with E-state index in [4.69, 9.17) is 4.74 Å². The summed E-state index contributed by atoms with van der Waals surface area (Å²) in [5, 5.41) is 3.34. The maximum atomic E-state index is 5.90. The van der Waals surface area contributed by atoms with E-state index in [1.54, 1.807) is 0 Å². The van der Waals surface area contributed by atoms with E-state index in [1.807, 2.05) is 6.07 Å². The van der Waals surface area contributed by atoms with Gasteiger partial charge in [0.15, 0.2) is 0 Å². The van der Waals surface area contributed by atoms with Crippen LogP contribution in [0.5, 0.6) is 0 Å². The van der Waals surface area contributed by atoms with Crippen LogP contribution in [-0.4, -0.2) is 29.2 Å². The number of hydrogen-bond acceptors (Lipinski definition) is 3. The van der Waals surface area contributed by atoms with Crippen LogP contribution in [0.4, 0.5) is 0 Å². The number of hydrogen-bond donors (Lipinski definition) is 2. The first-order valence-electron chi connectivity index (χ1n) is 6.59. The molecule has 18 heavy (non-hydrogen) atoms. The van der Waals surface area contributed by atoms with Crippen LogP contribution in [0.25, 0.3) is 11.0 Å².